The smallest absolute Gasteiger partial charge is 0.190 e. The molecule has 0 amide bonds. The molecule has 0 aliphatic carbocycles. The van der Waals surface area contributed by atoms with Gasteiger partial charge in [-0.15, -0.1) is 11.3 Å². The molecule has 0 N–H and O–H groups in total. The number of halogens is 2. The Morgan fingerprint density at radius 3 is 2.53 bits per heavy atom. The van der Waals surface area contributed by atoms with Gasteiger partial charge in [0.2, 0.25) is 0 Å². The molecular formula is C12H16Cl2O2S. The van der Waals surface area contributed by atoms with Crippen LogP contribution >= 0.6 is 34.5 Å². The minimum atomic E-state index is -0.118. The lowest BCUT2D eigenvalue weighted by atomic mass is 9.93. The zero-order valence-electron chi connectivity index (χ0n) is 10.2. The maximum Gasteiger partial charge on any atom is 0.190 e. The molecule has 1 heterocycles. The van der Waals surface area contributed by atoms with Crippen molar-refractivity contribution in [2.75, 3.05) is 13.2 Å². The van der Waals surface area contributed by atoms with Gasteiger partial charge in [0, 0.05) is 6.61 Å². The monoisotopic (exact) mass is 294 g/mol. The number of ether oxygens (including phenoxy) is 1. The fourth-order valence-electron chi connectivity index (χ4n) is 1.15. The van der Waals surface area contributed by atoms with Crippen LogP contribution in [0.25, 0.3) is 0 Å². The van der Waals surface area contributed by atoms with Gasteiger partial charge >= 0.3 is 0 Å². The van der Waals surface area contributed by atoms with Gasteiger partial charge in [-0.2, -0.15) is 0 Å². The van der Waals surface area contributed by atoms with Crippen LogP contribution in [0.15, 0.2) is 6.07 Å². The van der Waals surface area contributed by atoms with Gasteiger partial charge in [0.25, 0.3) is 0 Å². The van der Waals surface area contributed by atoms with Crippen LogP contribution < -0.4 is 0 Å². The molecule has 1 aromatic heterocycles. The maximum atomic E-state index is 11.7. The molecule has 0 bridgehead atoms. The van der Waals surface area contributed by atoms with E-state index >= 15 is 0 Å². The van der Waals surface area contributed by atoms with E-state index in [2.05, 4.69) is 20.8 Å². The van der Waals surface area contributed by atoms with E-state index in [1.54, 1.807) is 6.07 Å². The van der Waals surface area contributed by atoms with Crippen LogP contribution in [0, 0.1) is 5.41 Å². The van der Waals surface area contributed by atoms with Crippen molar-refractivity contribution in [2.45, 2.75) is 27.2 Å². The van der Waals surface area contributed by atoms with Gasteiger partial charge < -0.3 is 4.74 Å². The van der Waals surface area contributed by atoms with Crippen LogP contribution in [-0.2, 0) is 4.74 Å². The number of carbonyl (C=O) groups excluding carboxylic acids is 1. The molecule has 0 saturated carbocycles. The molecular weight excluding hydrogens is 279 g/mol. The summed E-state index contributed by atoms with van der Waals surface area (Å²) in [6.07, 6.45) is 0.915. The molecule has 0 aliphatic heterocycles. The summed E-state index contributed by atoms with van der Waals surface area (Å²) in [6, 6.07) is 1.59. The van der Waals surface area contributed by atoms with E-state index in [1.807, 2.05) is 0 Å². The zero-order chi connectivity index (χ0) is 13.1. The molecule has 1 rings (SSSR count). The van der Waals surface area contributed by atoms with Crippen LogP contribution in [-0.4, -0.2) is 19.0 Å². The van der Waals surface area contributed by atoms with Crippen LogP contribution in [0.3, 0.4) is 0 Å². The Morgan fingerprint density at radius 1 is 1.41 bits per heavy atom. The highest BCUT2D eigenvalue weighted by Crippen LogP contribution is 2.31. The predicted molar refractivity (Wildman–Crippen MR) is 73.6 cm³/mol. The Morgan fingerprint density at radius 2 is 2.06 bits per heavy atom. The van der Waals surface area contributed by atoms with Crippen LogP contribution in [0.4, 0.5) is 0 Å². The zero-order valence-corrected chi connectivity index (χ0v) is 12.5. The summed E-state index contributed by atoms with van der Waals surface area (Å²) < 4.78 is 6.29. The third kappa shape index (κ3) is 5.38. The summed E-state index contributed by atoms with van der Waals surface area (Å²) in [5.41, 5.74) is 0.671. The highest BCUT2D eigenvalue weighted by molar-refractivity contribution is 7.20. The van der Waals surface area contributed by atoms with E-state index in [1.165, 1.54) is 11.3 Å². The SMILES string of the molecule is CC(C)(C)CCOCC(=O)c1cc(Cl)sc1Cl. The van der Waals surface area contributed by atoms with Gasteiger partial charge in [-0.25, -0.2) is 0 Å². The Bertz CT molecular complexity index is 394. The lowest BCUT2D eigenvalue weighted by Crippen LogP contribution is -2.14. The summed E-state index contributed by atoms with van der Waals surface area (Å²) in [6.45, 7) is 7.03. The van der Waals surface area contributed by atoms with Crippen molar-refractivity contribution in [1.82, 2.24) is 0 Å². The van der Waals surface area contributed by atoms with E-state index in [0.29, 0.717) is 20.8 Å². The normalized spacial score (nSPS) is 11.8. The van der Waals surface area contributed by atoms with Crippen LogP contribution in [0.2, 0.25) is 8.67 Å². The second-order valence-electron chi connectivity index (χ2n) is 5.02. The molecule has 0 fully saturated rings. The number of hydrogen-bond acceptors (Lipinski definition) is 3. The van der Waals surface area contributed by atoms with Crippen molar-refractivity contribution < 1.29 is 9.53 Å². The van der Waals surface area contributed by atoms with Crippen molar-refractivity contribution in [3.05, 3.63) is 20.3 Å². The highest BCUT2D eigenvalue weighted by Gasteiger charge is 2.15. The van der Waals surface area contributed by atoms with Crippen molar-refractivity contribution >= 4 is 40.3 Å². The number of carbonyl (C=O) groups is 1. The second-order valence-corrected chi connectivity index (χ2v) is 7.31. The third-order valence-electron chi connectivity index (χ3n) is 2.19. The summed E-state index contributed by atoms with van der Waals surface area (Å²) in [4.78, 5) is 11.7. The minimum absolute atomic E-state index is 0.0584. The van der Waals surface area contributed by atoms with E-state index in [4.69, 9.17) is 27.9 Å². The second kappa shape index (κ2) is 6.19. The summed E-state index contributed by atoms with van der Waals surface area (Å²) in [7, 11) is 0. The Kier molecular flexibility index (Phi) is 5.45. The summed E-state index contributed by atoms with van der Waals surface area (Å²) in [5, 5.41) is 0. The fraction of sp³-hybridized carbons (Fsp3) is 0.583. The quantitative estimate of drug-likeness (QED) is 0.582. The lowest BCUT2D eigenvalue weighted by molar-refractivity contribution is 0.0706. The minimum Gasteiger partial charge on any atom is -0.373 e. The number of Topliss-reactive ketones (excluding diaryl/α,β-unsaturated/α-hetero) is 1. The standard InChI is InChI=1S/C12H16Cl2O2S/c1-12(2,3)4-5-16-7-9(15)8-6-10(13)17-11(8)14/h6H,4-5,7H2,1-3H3. The average Bonchev–Trinajstić information content (AvgIpc) is 2.51. The van der Waals surface area contributed by atoms with Crippen LogP contribution in [0.5, 0.6) is 0 Å². The number of hydrogen-bond donors (Lipinski definition) is 0. The Labute approximate surface area is 116 Å². The molecule has 17 heavy (non-hydrogen) atoms. The third-order valence-corrected chi connectivity index (χ3v) is 3.67. The van der Waals surface area contributed by atoms with Gasteiger partial charge in [-0.05, 0) is 17.9 Å². The first-order chi connectivity index (χ1) is 7.79. The Balaban J connectivity index is 2.38. The first kappa shape index (κ1) is 15.0. The first-order valence-corrected chi connectivity index (χ1v) is 6.92. The first-order valence-electron chi connectivity index (χ1n) is 5.35. The molecule has 0 spiro atoms. The van der Waals surface area contributed by atoms with E-state index in [9.17, 15) is 4.79 Å². The lowest BCUT2D eigenvalue weighted by Gasteiger charge is -2.17. The van der Waals surface area contributed by atoms with Gasteiger partial charge in [-0.1, -0.05) is 44.0 Å². The molecule has 0 aromatic carbocycles. The molecule has 0 saturated heterocycles. The van der Waals surface area contributed by atoms with E-state index in [0.717, 1.165) is 6.42 Å². The molecule has 96 valence electrons. The van der Waals surface area contributed by atoms with Crippen molar-refractivity contribution in [3.8, 4) is 0 Å². The molecule has 0 unspecified atom stereocenters. The largest absolute Gasteiger partial charge is 0.373 e. The number of thiophene rings is 1. The number of rotatable bonds is 5. The topological polar surface area (TPSA) is 26.3 Å². The fourth-order valence-corrected chi connectivity index (χ4v) is 2.65. The van der Waals surface area contributed by atoms with Gasteiger partial charge in [0.15, 0.2) is 5.78 Å². The number of ketones is 1. The van der Waals surface area contributed by atoms with Crippen LogP contribution in [0.1, 0.15) is 37.6 Å². The molecule has 1 aromatic rings. The summed E-state index contributed by atoms with van der Waals surface area (Å²) >= 11 is 12.9. The molecule has 0 radical (unpaired) electrons. The Hall–Kier alpha value is -0.0900. The van der Waals surface area contributed by atoms with E-state index in [-0.39, 0.29) is 17.8 Å². The van der Waals surface area contributed by atoms with Gasteiger partial charge in [-0.3, -0.25) is 4.79 Å². The average molecular weight is 295 g/mol. The molecule has 2 nitrogen and oxygen atoms in total. The predicted octanol–water partition coefficient (Wildman–Crippen LogP) is 4.69. The van der Waals surface area contributed by atoms with Crippen molar-refractivity contribution in [1.29, 1.82) is 0 Å². The van der Waals surface area contributed by atoms with Gasteiger partial charge in [0.1, 0.15) is 10.9 Å². The molecule has 0 atom stereocenters. The van der Waals surface area contributed by atoms with Crippen molar-refractivity contribution in [2.24, 2.45) is 5.41 Å². The maximum absolute atomic E-state index is 11.7. The molecule has 0 aliphatic rings. The van der Waals surface area contributed by atoms with Gasteiger partial charge in [0.05, 0.1) is 9.90 Å². The summed E-state index contributed by atoms with van der Waals surface area (Å²) in [5.74, 6) is -0.118. The molecule has 5 heteroatoms. The highest BCUT2D eigenvalue weighted by atomic mass is 35.5. The van der Waals surface area contributed by atoms with E-state index < -0.39 is 0 Å². The van der Waals surface area contributed by atoms with Crippen molar-refractivity contribution in [3.63, 3.8) is 0 Å².